The molecule has 0 bridgehead atoms. The monoisotopic (exact) mass is 335 g/mol. The fourth-order valence-corrected chi connectivity index (χ4v) is 4.08. The van der Waals surface area contributed by atoms with Gasteiger partial charge in [0.05, 0.1) is 21.6 Å². The van der Waals surface area contributed by atoms with Crippen LogP contribution in [0.4, 0.5) is 5.69 Å². The molecule has 1 aromatic carbocycles. The molecule has 0 saturated carbocycles. The Balaban J connectivity index is 1.88. The van der Waals surface area contributed by atoms with Gasteiger partial charge in [-0.25, -0.2) is 8.42 Å². The maximum atomic E-state index is 11.9. The predicted octanol–water partition coefficient (Wildman–Crippen LogP) is 3.15. The van der Waals surface area contributed by atoms with Crippen molar-refractivity contribution < 1.29 is 13.2 Å². The maximum Gasteiger partial charge on any atom is 0.224 e. The summed E-state index contributed by atoms with van der Waals surface area (Å²) in [5, 5.41) is 3.56. The van der Waals surface area contributed by atoms with Gasteiger partial charge in [0, 0.05) is 12.1 Å². The van der Waals surface area contributed by atoms with E-state index >= 15 is 0 Å². The van der Waals surface area contributed by atoms with Gasteiger partial charge < -0.3 is 5.32 Å². The molecule has 1 saturated heterocycles. The van der Waals surface area contributed by atoms with Gasteiger partial charge in [-0.05, 0) is 37.0 Å². The van der Waals surface area contributed by atoms with E-state index in [-0.39, 0.29) is 23.3 Å². The first-order valence-electron chi connectivity index (χ1n) is 6.31. The van der Waals surface area contributed by atoms with Crippen molar-refractivity contribution in [3.05, 3.63) is 28.2 Å². The number of carbonyl (C=O) groups excluding carboxylic acids is 1. The van der Waals surface area contributed by atoms with Crippen molar-refractivity contribution in [1.29, 1.82) is 0 Å². The zero-order valence-electron chi connectivity index (χ0n) is 10.7. The molecule has 0 radical (unpaired) electrons. The molecular weight excluding hydrogens is 321 g/mol. The van der Waals surface area contributed by atoms with Gasteiger partial charge in [0.15, 0.2) is 0 Å². The van der Waals surface area contributed by atoms with Gasteiger partial charge in [0.2, 0.25) is 5.91 Å². The summed E-state index contributed by atoms with van der Waals surface area (Å²) < 4.78 is 22.6. The van der Waals surface area contributed by atoms with Crippen LogP contribution >= 0.6 is 23.2 Å². The van der Waals surface area contributed by atoms with E-state index in [1.165, 1.54) is 0 Å². The zero-order chi connectivity index (χ0) is 14.8. The van der Waals surface area contributed by atoms with Gasteiger partial charge in [-0.2, -0.15) is 0 Å². The minimum Gasteiger partial charge on any atom is -0.326 e. The Morgan fingerprint density at radius 3 is 2.45 bits per heavy atom. The summed E-state index contributed by atoms with van der Waals surface area (Å²) in [6.07, 6.45) is 1.43. The van der Waals surface area contributed by atoms with Gasteiger partial charge in [0.25, 0.3) is 0 Å². The third-order valence-electron chi connectivity index (χ3n) is 3.35. The molecule has 20 heavy (non-hydrogen) atoms. The van der Waals surface area contributed by atoms with Crippen LogP contribution in [0, 0.1) is 5.92 Å². The molecular formula is C13H15Cl2NO3S. The second-order valence-electron chi connectivity index (χ2n) is 4.98. The molecule has 2 rings (SSSR count). The van der Waals surface area contributed by atoms with Crippen molar-refractivity contribution in [3.63, 3.8) is 0 Å². The predicted molar refractivity (Wildman–Crippen MR) is 81.1 cm³/mol. The van der Waals surface area contributed by atoms with Crippen LogP contribution < -0.4 is 5.32 Å². The molecule has 1 aliphatic rings. The number of carbonyl (C=O) groups is 1. The summed E-state index contributed by atoms with van der Waals surface area (Å²) >= 11 is 11.7. The van der Waals surface area contributed by atoms with Crippen molar-refractivity contribution in [1.82, 2.24) is 0 Å². The minimum absolute atomic E-state index is 0.126. The summed E-state index contributed by atoms with van der Waals surface area (Å²) in [6.45, 7) is 0. The Bertz CT molecular complexity index is 602. The number of anilines is 1. The van der Waals surface area contributed by atoms with Crippen LogP contribution in [0.2, 0.25) is 10.0 Å². The highest BCUT2D eigenvalue weighted by Gasteiger charge is 2.25. The number of benzene rings is 1. The maximum absolute atomic E-state index is 11.9. The van der Waals surface area contributed by atoms with E-state index in [9.17, 15) is 13.2 Å². The largest absolute Gasteiger partial charge is 0.326 e. The molecule has 0 atom stereocenters. The molecule has 0 aliphatic carbocycles. The lowest BCUT2D eigenvalue weighted by atomic mass is 9.98. The van der Waals surface area contributed by atoms with Crippen LogP contribution in [-0.4, -0.2) is 25.8 Å². The van der Waals surface area contributed by atoms with Crippen molar-refractivity contribution in [2.75, 3.05) is 16.8 Å². The Kier molecular flexibility index (Phi) is 4.94. The SMILES string of the molecule is O=C(CC1CCS(=O)(=O)CC1)Nc1ccc(Cl)c(Cl)c1. The van der Waals surface area contributed by atoms with Gasteiger partial charge >= 0.3 is 0 Å². The number of sulfone groups is 1. The van der Waals surface area contributed by atoms with Gasteiger partial charge in [0.1, 0.15) is 9.84 Å². The summed E-state index contributed by atoms with van der Waals surface area (Å²) in [5.41, 5.74) is 0.591. The van der Waals surface area contributed by atoms with Crippen molar-refractivity contribution in [2.24, 2.45) is 5.92 Å². The number of halogens is 2. The normalized spacial score (nSPS) is 18.7. The van der Waals surface area contributed by atoms with Crippen molar-refractivity contribution >= 4 is 44.6 Å². The minimum atomic E-state index is -2.88. The van der Waals surface area contributed by atoms with Crippen LogP contribution in [0.25, 0.3) is 0 Å². The quantitative estimate of drug-likeness (QED) is 0.922. The highest BCUT2D eigenvalue weighted by atomic mass is 35.5. The molecule has 0 aromatic heterocycles. The second-order valence-corrected chi connectivity index (χ2v) is 8.09. The summed E-state index contributed by atoms with van der Waals surface area (Å²) in [4.78, 5) is 11.9. The number of hydrogen-bond donors (Lipinski definition) is 1. The van der Waals surface area contributed by atoms with Crippen LogP contribution in [0.3, 0.4) is 0 Å². The van der Waals surface area contributed by atoms with E-state index in [0.717, 1.165) is 0 Å². The second kappa shape index (κ2) is 6.33. The number of amides is 1. The fourth-order valence-electron chi connectivity index (χ4n) is 2.19. The van der Waals surface area contributed by atoms with Crippen LogP contribution in [0.1, 0.15) is 19.3 Å². The van der Waals surface area contributed by atoms with Gasteiger partial charge in [-0.1, -0.05) is 23.2 Å². The van der Waals surface area contributed by atoms with Crippen molar-refractivity contribution in [2.45, 2.75) is 19.3 Å². The Labute approximate surface area is 128 Å². The van der Waals surface area contributed by atoms with E-state index in [1.54, 1.807) is 18.2 Å². The zero-order valence-corrected chi connectivity index (χ0v) is 13.1. The Morgan fingerprint density at radius 1 is 1.20 bits per heavy atom. The third-order valence-corrected chi connectivity index (χ3v) is 5.81. The fraction of sp³-hybridized carbons (Fsp3) is 0.462. The Hall–Kier alpha value is -0.780. The average Bonchev–Trinajstić information content (AvgIpc) is 2.36. The molecule has 1 fully saturated rings. The molecule has 7 heteroatoms. The first kappa shape index (κ1) is 15.6. The molecule has 1 aliphatic heterocycles. The van der Waals surface area contributed by atoms with Crippen LogP contribution in [-0.2, 0) is 14.6 Å². The van der Waals surface area contributed by atoms with E-state index in [0.29, 0.717) is 35.0 Å². The third kappa shape index (κ3) is 4.36. The number of nitrogens with one attached hydrogen (secondary N) is 1. The van der Waals surface area contributed by atoms with Crippen LogP contribution in [0.15, 0.2) is 18.2 Å². The highest BCUT2D eigenvalue weighted by Crippen LogP contribution is 2.26. The molecule has 0 unspecified atom stereocenters. The lowest BCUT2D eigenvalue weighted by Crippen LogP contribution is -2.26. The summed E-state index contributed by atoms with van der Waals surface area (Å²) in [6, 6.07) is 4.89. The van der Waals surface area contributed by atoms with E-state index in [2.05, 4.69) is 5.32 Å². The molecule has 0 spiro atoms. The molecule has 1 heterocycles. The van der Waals surface area contributed by atoms with E-state index < -0.39 is 9.84 Å². The average molecular weight is 336 g/mol. The van der Waals surface area contributed by atoms with E-state index in [1.807, 2.05) is 0 Å². The molecule has 1 aromatic rings. The molecule has 110 valence electrons. The first-order valence-corrected chi connectivity index (χ1v) is 8.89. The van der Waals surface area contributed by atoms with Crippen molar-refractivity contribution in [3.8, 4) is 0 Å². The lowest BCUT2D eigenvalue weighted by Gasteiger charge is -2.21. The molecule has 1 amide bonds. The smallest absolute Gasteiger partial charge is 0.224 e. The van der Waals surface area contributed by atoms with Crippen LogP contribution in [0.5, 0.6) is 0 Å². The van der Waals surface area contributed by atoms with Gasteiger partial charge in [-0.3, -0.25) is 4.79 Å². The molecule has 4 nitrogen and oxygen atoms in total. The van der Waals surface area contributed by atoms with Gasteiger partial charge in [-0.15, -0.1) is 0 Å². The standard InChI is InChI=1S/C13H15Cl2NO3S/c14-11-2-1-10(8-12(11)15)16-13(17)7-9-3-5-20(18,19)6-4-9/h1-2,8-9H,3-7H2,(H,16,17). The highest BCUT2D eigenvalue weighted by molar-refractivity contribution is 7.91. The summed E-state index contributed by atoms with van der Waals surface area (Å²) in [5.74, 6) is 0.351. The number of hydrogen-bond acceptors (Lipinski definition) is 3. The topological polar surface area (TPSA) is 63.2 Å². The first-order chi connectivity index (χ1) is 9.35. The Morgan fingerprint density at radius 2 is 1.85 bits per heavy atom. The summed E-state index contributed by atoms with van der Waals surface area (Å²) in [7, 11) is -2.88. The van der Waals surface area contributed by atoms with E-state index in [4.69, 9.17) is 23.2 Å². The lowest BCUT2D eigenvalue weighted by molar-refractivity contribution is -0.117. The molecule has 1 N–H and O–H groups in total. The number of rotatable bonds is 3.